The van der Waals surface area contributed by atoms with Crippen LogP contribution in [-0.4, -0.2) is 49.0 Å². The van der Waals surface area contributed by atoms with E-state index in [4.69, 9.17) is 14.8 Å². The molecule has 2 aromatic carbocycles. The van der Waals surface area contributed by atoms with Crippen LogP contribution in [0.4, 0.5) is 15.0 Å². The number of amides is 2. The van der Waals surface area contributed by atoms with Gasteiger partial charge in [-0.15, -0.1) is 10.2 Å². The van der Waals surface area contributed by atoms with Crippen molar-refractivity contribution in [1.29, 1.82) is 0 Å². The molecule has 2 aliphatic carbocycles. The molecule has 0 radical (unpaired) electrons. The lowest BCUT2D eigenvalue weighted by Gasteiger charge is -2.41. The second-order valence-corrected chi connectivity index (χ2v) is 11.8. The fourth-order valence-corrected chi connectivity index (χ4v) is 6.02. The number of rotatable bonds is 9. The van der Waals surface area contributed by atoms with Crippen LogP contribution in [0.2, 0.25) is 0 Å². The predicted molar refractivity (Wildman–Crippen MR) is 156 cm³/mol. The van der Waals surface area contributed by atoms with Crippen LogP contribution in [0.15, 0.2) is 54.9 Å². The summed E-state index contributed by atoms with van der Waals surface area (Å²) in [4.78, 5) is 31.5. The molecule has 0 spiro atoms. The summed E-state index contributed by atoms with van der Waals surface area (Å²) in [6, 6.07) is 14.3. The van der Waals surface area contributed by atoms with Crippen molar-refractivity contribution in [3.8, 4) is 22.5 Å². The number of carbonyl (C=O) groups is 2. The molecule has 3 aliphatic rings. The Morgan fingerprint density at radius 2 is 1.95 bits per heavy atom. The number of halogens is 1. The van der Waals surface area contributed by atoms with Gasteiger partial charge < -0.3 is 19.7 Å². The molecule has 10 nitrogen and oxygen atoms in total. The fourth-order valence-electron chi connectivity index (χ4n) is 6.02. The van der Waals surface area contributed by atoms with Crippen molar-refractivity contribution in [2.45, 2.75) is 56.7 Å². The Morgan fingerprint density at radius 1 is 1.12 bits per heavy atom. The number of ether oxygens (including phenoxy) is 1. The van der Waals surface area contributed by atoms with Crippen LogP contribution < -0.4 is 10.2 Å². The smallest absolute Gasteiger partial charge is 0.405 e. The molecule has 43 heavy (non-hydrogen) atoms. The molecular weight excluding hydrogens is 551 g/mol. The van der Waals surface area contributed by atoms with Gasteiger partial charge in [-0.3, -0.25) is 9.69 Å². The van der Waals surface area contributed by atoms with Gasteiger partial charge in [0.1, 0.15) is 18.0 Å². The molecule has 0 bridgehead atoms. The van der Waals surface area contributed by atoms with Gasteiger partial charge in [0.05, 0.1) is 25.3 Å². The SMILES string of the molecule is Cn1cnnc1-c1cc(F)ccc1-c1cc(C2CC2)nc(N2Cc3ccc(COCC4(NC(=O)O)CCC4)cc3C2=O)c1. The molecule has 11 heteroatoms. The van der Waals surface area contributed by atoms with Crippen molar-refractivity contribution in [2.24, 2.45) is 7.05 Å². The van der Waals surface area contributed by atoms with Crippen molar-refractivity contribution in [3.05, 3.63) is 83.1 Å². The number of aryl methyl sites for hydroxylation is 1. The van der Waals surface area contributed by atoms with Gasteiger partial charge in [-0.1, -0.05) is 18.2 Å². The third-order valence-electron chi connectivity index (χ3n) is 8.66. The number of fused-ring (bicyclic) bond motifs is 1. The van der Waals surface area contributed by atoms with Gasteiger partial charge in [-0.25, -0.2) is 14.2 Å². The average molecular weight is 583 g/mol. The standard InChI is InChI=1S/C32H31FN6O4/c1-38-18-34-37-29(38)26-14-23(33)7-8-24(26)22-12-27(20-5-6-20)35-28(13-22)39-15-21-4-3-19(11-25(21)30(39)40)16-43-17-32(9-2-10-32)36-31(41)42/h3-4,7-8,11-14,18,20,36H,2,5-6,9-10,15-17H2,1H3,(H,41,42). The number of hydrogen-bond acceptors (Lipinski definition) is 6. The number of carboxylic acid groups (broad SMARTS) is 1. The molecule has 0 unspecified atom stereocenters. The van der Waals surface area contributed by atoms with E-state index >= 15 is 0 Å². The fraction of sp³-hybridized carbons (Fsp3) is 0.344. The second kappa shape index (κ2) is 10.6. The van der Waals surface area contributed by atoms with E-state index in [0.717, 1.165) is 60.1 Å². The van der Waals surface area contributed by atoms with Crippen molar-refractivity contribution in [1.82, 2.24) is 25.1 Å². The van der Waals surface area contributed by atoms with Crippen molar-refractivity contribution >= 4 is 17.8 Å². The molecule has 0 saturated heterocycles. The highest BCUT2D eigenvalue weighted by Crippen LogP contribution is 2.43. The van der Waals surface area contributed by atoms with E-state index < -0.39 is 11.6 Å². The first-order chi connectivity index (χ1) is 20.8. The van der Waals surface area contributed by atoms with Crippen LogP contribution in [0.5, 0.6) is 0 Å². The second-order valence-electron chi connectivity index (χ2n) is 11.8. The zero-order valence-corrected chi connectivity index (χ0v) is 23.7. The third kappa shape index (κ3) is 5.25. The summed E-state index contributed by atoms with van der Waals surface area (Å²) in [7, 11) is 1.81. The van der Waals surface area contributed by atoms with Gasteiger partial charge in [0, 0.05) is 29.8 Å². The zero-order chi connectivity index (χ0) is 29.7. The maximum absolute atomic E-state index is 14.4. The van der Waals surface area contributed by atoms with Crippen molar-refractivity contribution in [3.63, 3.8) is 0 Å². The van der Waals surface area contributed by atoms with Crippen LogP contribution in [-0.2, 0) is 24.9 Å². The highest BCUT2D eigenvalue weighted by atomic mass is 19.1. The number of hydrogen-bond donors (Lipinski definition) is 2. The maximum atomic E-state index is 14.4. The number of aromatic nitrogens is 4. The van der Waals surface area contributed by atoms with E-state index in [-0.39, 0.29) is 24.9 Å². The van der Waals surface area contributed by atoms with Crippen molar-refractivity contribution in [2.75, 3.05) is 11.5 Å². The first-order valence-electron chi connectivity index (χ1n) is 14.5. The van der Waals surface area contributed by atoms with Gasteiger partial charge in [0.15, 0.2) is 5.82 Å². The minimum absolute atomic E-state index is 0.140. The minimum atomic E-state index is -1.04. The van der Waals surface area contributed by atoms with Gasteiger partial charge in [0.2, 0.25) is 0 Å². The zero-order valence-electron chi connectivity index (χ0n) is 23.7. The van der Waals surface area contributed by atoms with E-state index in [9.17, 15) is 14.0 Å². The quantitative estimate of drug-likeness (QED) is 0.270. The van der Waals surface area contributed by atoms with E-state index in [1.807, 2.05) is 37.4 Å². The van der Waals surface area contributed by atoms with E-state index in [0.29, 0.717) is 35.2 Å². The summed E-state index contributed by atoms with van der Waals surface area (Å²) >= 11 is 0. The molecule has 2 amide bonds. The van der Waals surface area contributed by atoms with Gasteiger partial charge in [-0.2, -0.15) is 0 Å². The molecule has 2 fully saturated rings. The van der Waals surface area contributed by atoms with Crippen LogP contribution in [0.1, 0.15) is 65.2 Å². The largest absolute Gasteiger partial charge is 0.465 e. The molecule has 220 valence electrons. The highest BCUT2D eigenvalue weighted by Gasteiger charge is 2.39. The number of pyridine rings is 1. The third-order valence-corrected chi connectivity index (χ3v) is 8.66. The van der Waals surface area contributed by atoms with Crippen LogP contribution in [0.3, 0.4) is 0 Å². The lowest BCUT2D eigenvalue weighted by molar-refractivity contribution is 0.0209. The molecule has 3 heterocycles. The summed E-state index contributed by atoms with van der Waals surface area (Å²) in [5, 5.41) is 19.9. The number of carbonyl (C=O) groups excluding carboxylic acids is 1. The minimum Gasteiger partial charge on any atom is -0.465 e. The van der Waals surface area contributed by atoms with Crippen molar-refractivity contribution < 1.29 is 23.8 Å². The highest BCUT2D eigenvalue weighted by molar-refractivity contribution is 6.10. The normalized spacial score (nSPS) is 17.1. The Bertz CT molecular complexity index is 1750. The van der Waals surface area contributed by atoms with Gasteiger partial charge >= 0.3 is 6.09 Å². The Balaban J connectivity index is 1.16. The van der Waals surface area contributed by atoms with Gasteiger partial charge in [0.25, 0.3) is 5.91 Å². The molecule has 0 atom stereocenters. The molecule has 7 rings (SSSR count). The first-order valence-corrected chi connectivity index (χ1v) is 14.5. The first kappa shape index (κ1) is 27.2. The molecule has 2 N–H and O–H groups in total. The number of benzene rings is 2. The summed E-state index contributed by atoms with van der Waals surface area (Å²) < 4.78 is 22.1. The van der Waals surface area contributed by atoms with Crippen LogP contribution >= 0.6 is 0 Å². The van der Waals surface area contributed by atoms with E-state index in [2.05, 4.69) is 15.5 Å². The van der Waals surface area contributed by atoms with Crippen LogP contribution in [0.25, 0.3) is 22.5 Å². The summed E-state index contributed by atoms with van der Waals surface area (Å²) in [6.07, 6.45) is 5.08. The number of anilines is 1. The molecule has 2 aromatic heterocycles. The maximum Gasteiger partial charge on any atom is 0.405 e. The summed E-state index contributed by atoms with van der Waals surface area (Å²) in [6.45, 7) is 0.955. The monoisotopic (exact) mass is 582 g/mol. The topological polar surface area (TPSA) is 122 Å². The Morgan fingerprint density at radius 3 is 2.65 bits per heavy atom. The van der Waals surface area contributed by atoms with E-state index in [1.165, 1.54) is 12.1 Å². The molecule has 4 aromatic rings. The molecule has 2 saturated carbocycles. The number of nitrogens with one attached hydrogen (secondary N) is 1. The van der Waals surface area contributed by atoms with Crippen LogP contribution in [0, 0.1) is 5.82 Å². The average Bonchev–Trinajstić information content (AvgIpc) is 3.66. The van der Waals surface area contributed by atoms with Gasteiger partial charge in [-0.05, 0) is 84.7 Å². The number of nitrogens with zero attached hydrogens (tertiary/aromatic N) is 5. The Labute approximate surface area is 247 Å². The predicted octanol–water partition coefficient (Wildman–Crippen LogP) is 5.43. The molecule has 1 aliphatic heterocycles. The lowest BCUT2D eigenvalue weighted by Crippen LogP contribution is -2.56. The Hall–Kier alpha value is -4.64. The summed E-state index contributed by atoms with van der Waals surface area (Å²) in [5.41, 5.74) is 4.97. The Kier molecular flexibility index (Phi) is 6.69. The molecular formula is C32H31FN6O4. The lowest BCUT2D eigenvalue weighted by atomic mass is 9.77. The summed E-state index contributed by atoms with van der Waals surface area (Å²) in [5.74, 6) is 0.916. The van der Waals surface area contributed by atoms with E-state index in [1.54, 1.807) is 21.9 Å².